The molecule has 1 amide bonds. The van der Waals surface area contributed by atoms with Crippen LogP contribution in [0.2, 0.25) is 0 Å². The number of benzene rings is 1. The molecule has 4 nitrogen and oxygen atoms in total. The van der Waals surface area contributed by atoms with E-state index in [0.717, 1.165) is 29.5 Å². The summed E-state index contributed by atoms with van der Waals surface area (Å²) in [4.78, 5) is 12.1. The van der Waals surface area contributed by atoms with Crippen molar-refractivity contribution in [1.82, 2.24) is 10.6 Å². The van der Waals surface area contributed by atoms with Crippen molar-refractivity contribution < 1.29 is 9.90 Å². The van der Waals surface area contributed by atoms with Crippen molar-refractivity contribution in [2.24, 2.45) is 5.41 Å². The number of carbonyl (C=O) groups is 1. The van der Waals surface area contributed by atoms with Crippen LogP contribution in [0.4, 0.5) is 0 Å². The molecule has 5 heteroatoms. The maximum atomic E-state index is 12.1. The van der Waals surface area contributed by atoms with Crippen LogP contribution in [0.15, 0.2) is 18.2 Å². The number of aromatic hydroxyl groups is 1. The van der Waals surface area contributed by atoms with Gasteiger partial charge >= 0.3 is 0 Å². The monoisotopic (exact) mass is 374 g/mol. The summed E-state index contributed by atoms with van der Waals surface area (Å²) in [5.41, 5.74) is 0.682. The topological polar surface area (TPSA) is 61.4 Å². The zero-order valence-electron chi connectivity index (χ0n) is 11.0. The highest BCUT2D eigenvalue weighted by molar-refractivity contribution is 14.1. The molecular weight excluding hydrogens is 355 g/mol. The molecule has 1 aliphatic heterocycles. The van der Waals surface area contributed by atoms with Crippen LogP contribution >= 0.6 is 22.6 Å². The van der Waals surface area contributed by atoms with E-state index in [2.05, 4.69) is 17.6 Å². The van der Waals surface area contributed by atoms with E-state index in [9.17, 15) is 9.90 Å². The van der Waals surface area contributed by atoms with Crippen molar-refractivity contribution in [2.45, 2.75) is 19.8 Å². The van der Waals surface area contributed by atoms with E-state index in [0.29, 0.717) is 12.1 Å². The number of carbonyl (C=O) groups excluding carboxylic acids is 1. The molecule has 1 saturated heterocycles. The molecule has 2 rings (SSSR count). The lowest BCUT2D eigenvalue weighted by molar-refractivity contribution is 0.0922. The number of halogens is 1. The molecule has 0 atom stereocenters. The Kier molecular flexibility index (Phi) is 4.67. The van der Waals surface area contributed by atoms with Gasteiger partial charge in [0, 0.05) is 12.1 Å². The molecule has 3 N–H and O–H groups in total. The predicted octanol–water partition coefficient (Wildman–Crippen LogP) is 2.12. The van der Waals surface area contributed by atoms with Crippen LogP contribution in [-0.4, -0.2) is 30.6 Å². The third kappa shape index (κ3) is 3.82. The van der Waals surface area contributed by atoms with Gasteiger partial charge in [-0.2, -0.15) is 0 Å². The minimum Gasteiger partial charge on any atom is -0.507 e. The summed E-state index contributed by atoms with van der Waals surface area (Å²) in [5, 5.41) is 15.9. The fraction of sp³-hybridized carbons (Fsp3) is 0.500. The smallest absolute Gasteiger partial charge is 0.251 e. The SMILES string of the molecule is CC1(CNC(=O)c2ccc(I)c(O)c2)CCNCC1. The highest BCUT2D eigenvalue weighted by atomic mass is 127. The van der Waals surface area contributed by atoms with Gasteiger partial charge in [0.1, 0.15) is 5.75 Å². The first-order valence-electron chi connectivity index (χ1n) is 6.48. The van der Waals surface area contributed by atoms with Gasteiger partial charge in [-0.05, 0) is 72.1 Å². The van der Waals surface area contributed by atoms with E-state index in [1.54, 1.807) is 12.1 Å². The van der Waals surface area contributed by atoms with Gasteiger partial charge in [-0.15, -0.1) is 0 Å². The van der Waals surface area contributed by atoms with Gasteiger partial charge < -0.3 is 15.7 Å². The molecule has 1 aliphatic rings. The van der Waals surface area contributed by atoms with Crippen molar-refractivity contribution in [3.8, 4) is 5.75 Å². The second-order valence-corrected chi connectivity index (χ2v) is 6.57. The average Bonchev–Trinajstić information content (AvgIpc) is 2.40. The van der Waals surface area contributed by atoms with Crippen LogP contribution in [0.25, 0.3) is 0 Å². The summed E-state index contributed by atoms with van der Waals surface area (Å²) >= 11 is 2.03. The Labute approximate surface area is 127 Å². The number of hydrogen-bond acceptors (Lipinski definition) is 3. The average molecular weight is 374 g/mol. The Bertz CT molecular complexity index is 471. The van der Waals surface area contributed by atoms with Crippen LogP contribution in [0.3, 0.4) is 0 Å². The molecule has 1 fully saturated rings. The van der Waals surface area contributed by atoms with Crippen molar-refractivity contribution in [3.05, 3.63) is 27.3 Å². The quantitative estimate of drug-likeness (QED) is 0.711. The van der Waals surface area contributed by atoms with Crippen molar-refractivity contribution in [1.29, 1.82) is 0 Å². The summed E-state index contributed by atoms with van der Waals surface area (Å²) in [6, 6.07) is 5.00. The van der Waals surface area contributed by atoms with Gasteiger partial charge in [-0.1, -0.05) is 6.92 Å². The van der Waals surface area contributed by atoms with Gasteiger partial charge in [-0.25, -0.2) is 0 Å². The number of nitrogens with one attached hydrogen (secondary N) is 2. The van der Waals surface area contributed by atoms with Gasteiger partial charge in [0.25, 0.3) is 5.91 Å². The van der Waals surface area contributed by atoms with Crippen LogP contribution in [0.1, 0.15) is 30.1 Å². The highest BCUT2D eigenvalue weighted by Gasteiger charge is 2.27. The van der Waals surface area contributed by atoms with Gasteiger partial charge in [0.05, 0.1) is 3.57 Å². The fourth-order valence-electron chi connectivity index (χ4n) is 2.26. The van der Waals surface area contributed by atoms with E-state index < -0.39 is 0 Å². The maximum absolute atomic E-state index is 12.1. The molecule has 1 aromatic rings. The highest BCUT2D eigenvalue weighted by Crippen LogP contribution is 2.27. The predicted molar refractivity (Wildman–Crippen MR) is 83.4 cm³/mol. The third-order valence-corrected chi connectivity index (χ3v) is 4.61. The normalized spacial score (nSPS) is 18.0. The molecule has 0 spiro atoms. The molecule has 0 unspecified atom stereocenters. The Balaban J connectivity index is 1.95. The lowest BCUT2D eigenvalue weighted by Gasteiger charge is -2.34. The molecule has 19 heavy (non-hydrogen) atoms. The summed E-state index contributed by atoms with van der Waals surface area (Å²) in [6.45, 7) is 4.91. The molecular formula is C14H19IN2O2. The van der Waals surface area contributed by atoms with Gasteiger partial charge in [0.2, 0.25) is 0 Å². The third-order valence-electron chi connectivity index (χ3n) is 3.69. The van der Waals surface area contributed by atoms with Crippen molar-refractivity contribution >= 4 is 28.5 Å². The van der Waals surface area contributed by atoms with Crippen LogP contribution in [-0.2, 0) is 0 Å². The summed E-state index contributed by atoms with van der Waals surface area (Å²) in [6.07, 6.45) is 2.15. The number of phenols is 1. The number of phenolic OH excluding ortho intramolecular Hbond substituents is 1. The first kappa shape index (κ1) is 14.6. The Morgan fingerprint density at radius 1 is 1.47 bits per heavy atom. The molecule has 0 saturated carbocycles. The number of hydrogen-bond donors (Lipinski definition) is 3. The number of piperidine rings is 1. The van der Waals surface area contributed by atoms with Crippen molar-refractivity contribution in [3.63, 3.8) is 0 Å². The Morgan fingerprint density at radius 3 is 2.79 bits per heavy atom. The summed E-state index contributed by atoms with van der Waals surface area (Å²) in [5.74, 6) is 0.0350. The fourth-order valence-corrected chi connectivity index (χ4v) is 2.59. The largest absolute Gasteiger partial charge is 0.507 e. The minimum atomic E-state index is -0.119. The second-order valence-electron chi connectivity index (χ2n) is 5.41. The lowest BCUT2D eigenvalue weighted by atomic mass is 9.81. The Morgan fingerprint density at radius 2 is 2.16 bits per heavy atom. The molecule has 0 radical (unpaired) electrons. The second kappa shape index (κ2) is 6.09. The first-order valence-corrected chi connectivity index (χ1v) is 7.55. The molecule has 0 aliphatic carbocycles. The van der Waals surface area contributed by atoms with E-state index >= 15 is 0 Å². The molecule has 1 heterocycles. The lowest BCUT2D eigenvalue weighted by Crippen LogP contribution is -2.42. The van der Waals surface area contributed by atoms with Crippen LogP contribution in [0, 0.1) is 8.99 Å². The van der Waals surface area contributed by atoms with E-state index in [-0.39, 0.29) is 17.1 Å². The maximum Gasteiger partial charge on any atom is 0.251 e. The number of rotatable bonds is 3. The molecule has 1 aromatic carbocycles. The zero-order valence-corrected chi connectivity index (χ0v) is 13.2. The van der Waals surface area contributed by atoms with Crippen LogP contribution in [0.5, 0.6) is 5.75 Å². The van der Waals surface area contributed by atoms with E-state index in [1.165, 1.54) is 6.07 Å². The Hall–Kier alpha value is -0.820. The minimum absolute atomic E-state index is 0.119. The van der Waals surface area contributed by atoms with Gasteiger partial charge in [-0.3, -0.25) is 4.79 Å². The zero-order chi connectivity index (χ0) is 13.9. The molecule has 104 valence electrons. The summed E-state index contributed by atoms with van der Waals surface area (Å²) in [7, 11) is 0. The molecule has 0 aromatic heterocycles. The number of amides is 1. The van der Waals surface area contributed by atoms with Crippen molar-refractivity contribution in [2.75, 3.05) is 19.6 Å². The summed E-state index contributed by atoms with van der Waals surface area (Å²) < 4.78 is 0.750. The van der Waals surface area contributed by atoms with Gasteiger partial charge in [0.15, 0.2) is 0 Å². The molecule has 0 bridgehead atoms. The standard InChI is InChI=1S/C14H19IN2O2/c1-14(4-6-16-7-5-14)9-17-13(19)10-2-3-11(15)12(18)8-10/h2-3,8,16,18H,4-7,9H2,1H3,(H,17,19). The van der Waals surface area contributed by atoms with E-state index in [1.807, 2.05) is 22.6 Å². The first-order chi connectivity index (χ1) is 9.00. The van der Waals surface area contributed by atoms with Crippen LogP contribution < -0.4 is 10.6 Å². The van der Waals surface area contributed by atoms with E-state index in [4.69, 9.17) is 0 Å².